The molecule has 1 aromatic carbocycles. The van der Waals surface area contributed by atoms with Crippen molar-refractivity contribution in [3.63, 3.8) is 0 Å². The number of amides is 1. The van der Waals surface area contributed by atoms with Crippen LogP contribution in [0.3, 0.4) is 0 Å². The van der Waals surface area contributed by atoms with Gasteiger partial charge < -0.3 is 4.98 Å². The second-order valence-corrected chi connectivity index (χ2v) is 8.30. The second-order valence-electron chi connectivity index (χ2n) is 7.47. The van der Waals surface area contributed by atoms with Gasteiger partial charge in [-0.25, -0.2) is 14.6 Å². The third-order valence-corrected chi connectivity index (χ3v) is 6.05. The fourth-order valence-corrected chi connectivity index (χ4v) is 4.43. The fraction of sp³-hybridized carbons (Fsp3) is 0.364. The molecular formula is C22H26N6OS. The van der Waals surface area contributed by atoms with E-state index in [1.807, 2.05) is 34.3 Å². The number of para-hydroxylation sites is 2. The molecule has 7 nitrogen and oxygen atoms in total. The molecule has 0 aliphatic rings. The predicted molar refractivity (Wildman–Crippen MR) is 120 cm³/mol. The van der Waals surface area contributed by atoms with Crippen LogP contribution >= 0.6 is 11.3 Å². The summed E-state index contributed by atoms with van der Waals surface area (Å²) in [6, 6.07) is 7.67. The number of H-pyrrole nitrogens is 1. The fourth-order valence-electron chi connectivity index (χ4n) is 3.60. The molecule has 0 radical (unpaired) electrons. The molecule has 0 fully saturated rings. The number of fused-ring (bicyclic) bond motifs is 1. The number of hydrogen-bond acceptors (Lipinski definition) is 5. The normalized spacial score (nSPS) is 11.3. The molecule has 8 heteroatoms. The van der Waals surface area contributed by atoms with Gasteiger partial charge in [-0.3, -0.25) is 10.1 Å². The Hall–Kier alpha value is -3.00. The Labute approximate surface area is 179 Å². The van der Waals surface area contributed by atoms with Crippen LogP contribution in [0.2, 0.25) is 0 Å². The van der Waals surface area contributed by atoms with E-state index in [4.69, 9.17) is 5.10 Å². The molecule has 0 aliphatic carbocycles. The lowest BCUT2D eigenvalue weighted by Crippen LogP contribution is -2.15. The summed E-state index contributed by atoms with van der Waals surface area (Å²) in [5.41, 5.74) is 5.94. The van der Waals surface area contributed by atoms with Gasteiger partial charge in [0.05, 0.1) is 28.8 Å². The number of nitrogens with one attached hydrogen (secondary N) is 2. The lowest BCUT2D eigenvalue weighted by molar-refractivity contribution is -0.115. The minimum absolute atomic E-state index is 0.153. The number of thiazole rings is 1. The van der Waals surface area contributed by atoms with Crippen molar-refractivity contribution >= 4 is 34.2 Å². The Balaban J connectivity index is 1.44. The molecule has 0 aliphatic heterocycles. The van der Waals surface area contributed by atoms with Gasteiger partial charge in [0.1, 0.15) is 0 Å². The van der Waals surface area contributed by atoms with Crippen LogP contribution < -0.4 is 5.32 Å². The van der Waals surface area contributed by atoms with E-state index in [0.29, 0.717) is 5.95 Å². The van der Waals surface area contributed by atoms with Crippen molar-refractivity contribution in [2.75, 3.05) is 5.32 Å². The first kappa shape index (κ1) is 20.3. The van der Waals surface area contributed by atoms with E-state index in [-0.39, 0.29) is 12.3 Å². The Bertz CT molecular complexity index is 1140. The summed E-state index contributed by atoms with van der Waals surface area (Å²) < 4.78 is 1.90. The van der Waals surface area contributed by atoms with Crippen molar-refractivity contribution in [3.8, 4) is 5.13 Å². The smallest absolute Gasteiger partial charge is 0.232 e. The first-order valence-electron chi connectivity index (χ1n) is 10.3. The van der Waals surface area contributed by atoms with Gasteiger partial charge in [-0.15, -0.1) is 11.3 Å². The summed E-state index contributed by atoms with van der Waals surface area (Å²) in [4.78, 5) is 24.6. The summed E-state index contributed by atoms with van der Waals surface area (Å²) in [5.74, 6) is 0.298. The van der Waals surface area contributed by atoms with Crippen molar-refractivity contribution in [2.45, 2.75) is 52.9 Å². The Morgan fingerprint density at radius 3 is 2.83 bits per heavy atom. The number of nitrogens with zero attached hydrogens (tertiary/aromatic N) is 4. The minimum Gasteiger partial charge on any atom is -0.324 e. The summed E-state index contributed by atoms with van der Waals surface area (Å²) in [6.07, 6.45) is 4.85. The number of carbonyl (C=O) groups is 1. The van der Waals surface area contributed by atoms with Crippen LogP contribution in [0.4, 0.5) is 5.95 Å². The maximum atomic E-state index is 12.4. The number of carbonyl (C=O) groups excluding carboxylic acids is 1. The largest absolute Gasteiger partial charge is 0.324 e. The summed E-state index contributed by atoms with van der Waals surface area (Å²) in [5, 5.41) is 10.2. The van der Waals surface area contributed by atoms with Gasteiger partial charge in [-0.05, 0) is 44.4 Å². The second kappa shape index (κ2) is 8.79. The number of hydrogen-bond donors (Lipinski definition) is 2. The maximum Gasteiger partial charge on any atom is 0.232 e. The van der Waals surface area contributed by atoms with E-state index in [9.17, 15) is 4.79 Å². The standard InChI is InChI=1S/C22H26N6OS/c1-4-5-6-9-17-14(2)27-28(15(17)3)22-23-16(13-30-22)12-20(29)26-21-24-18-10-7-8-11-19(18)25-21/h7-8,10-11,13H,4-6,9,12H2,1-3H3,(H2,24,25,26,29). The number of imidazole rings is 1. The number of aromatic nitrogens is 5. The highest BCUT2D eigenvalue weighted by atomic mass is 32.1. The number of benzene rings is 1. The highest BCUT2D eigenvalue weighted by Gasteiger charge is 2.16. The van der Waals surface area contributed by atoms with Crippen LogP contribution in [0.25, 0.3) is 16.2 Å². The van der Waals surface area contributed by atoms with Gasteiger partial charge in [-0.1, -0.05) is 31.9 Å². The molecule has 3 heterocycles. The molecule has 1 amide bonds. The highest BCUT2D eigenvalue weighted by molar-refractivity contribution is 7.12. The minimum atomic E-state index is -0.153. The van der Waals surface area contributed by atoms with E-state index in [1.165, 1.54) is 36.2 Å². The molecule has 30 heavy (non-hydrogen) atoms. The lowest BCUT2D eigenvalue weighted by atomic mass is 10.1. The zero-order valence-electron chi connectivity index (χ0n) is 17.5. The number of unbranched alkanes of at least 4 members (excludes halogenated alkanes) is 2. The molecule has 0 saturated heterocycles. The molecule has 0 spiro atoms. The van der Waals surface area contributed by atoms with Gasteiger partial charge in [0.2, 0.25) is 17.0 Å². The average Bonchev–Trinajstić information content (AvgIpc) is 3.41. The van der Waals surface area contributed by atoms with Gasteiger partial charge >= 0.3 is 0 Å². The molecule has 0 atom stereocenters. The van der Waals surface area contributed by atoms with Crippen molar-refractivity contribution in [3.05, 3.63) is 52.3 Å². The van der Waals surface area contributed by atoms with Crippen molar-refractivity contribution in [2.24, 2.45) is 0 Å². The van der Waals surface area contributed by atoms with Crippen LogP contribution in [0, 0.1) is 13.8 Å². The molecular weight excluding hydrogens is 396 g/mol. The Morgan fingerprint density at radius 1 is 1.20 bits per heavy atom. The lowest BCUT2D eigenvalue weighted by Gasteiger charge is -2.02. The van der Waals surface area contributed by atoms with Crippen LogP contribution in [-0.2, 0) is 17.6 Å². The van der Waals surface area contributed by atoms with Crippen molar-refractivity contribution in [1.82, 2.24) is 24.7 Å². The Morgan fingerprint density at radius 2 is 2.03 bits per heavy atom. The molecule has 4 rings (SSSR count). The average molecular weight is 423 g/mol. The number of rotatable bonds is 8. The van der Waals surface area contributed by atoms with Gasteiger partial charge in [0.15, 0.2) is 0 Å². The van der Waals surface area contributed by atoms with Crippen LogP contribution in [0.15, 0.2) is 29.6 Å². The first-order chi connectivity index (χ1) is 14.5. The third kappa shape index (κ3) is 4.28. The molecule has 4 aromatic rings. The van der Waals surface area contributed by atoms with Crippen LogP contribution in [-0.4, -0.2) is 30.6 Å². The highest BCUT2D eigenvalue weighted by Crippen LogP contribution is 2.23. The monoisotopic (exact) mass is 422 g/mol. The summed E-state index contributed by atoms with van der Waals surface area (Å²) in [6.45, 7) is 6.36. The van der Waals surface area contributed by atoms with Gasteiger partial charge in [0, 0.05) is 11.1 Å². The van der Waals surface area contributed by atoms with E-state index < -0.39 is 0 Å². The topological polar surface area (TPSA) is 88.5 Å². The maximum absolute atomic E-state index is 12.4. The third-order valence-electron chi connectivity index (χ3n) is 5.18. The molecule has 156 valence electrons. The van der Waals surface area contributed by atoms with Gasteiger partial charge in [0.25, 0.3) is 0 Å². The molecule has 2 N–H and O–H groups in total. The summed E-state index contributed by atoms with van der Waals surface area (Å²) in [7, 11) is 0. The SMILES string of the molecule is CCCCCc1c(C)nn(-c2nc(CC(=O)Nc3nc4ccccc4[nH]3)cs2)c1C. The first-order valence-corrected chi connectivity index (χ1v) is 11.2. The zero-order chi connectivity index (χ0) is 21.1. The van der Waals surface area contributed by atoms with E-state index in [1.54, 1.807) is 0 Å². The molecule has 0 bridgehead atoms. The van der Waals surface area contributed by atoms with Crippen molar-refractivity contribution < 1.29 is 4.79 Å². The summed E-state index contributed by atoms with van der Waals surface area (Å²) >= 11 is 1.51. The van der Waals surface area contributed by atoms with E-state index >= 15 is 0 Å². The van der Waals surface area contributed by atoms with Crippen molar-refractivity contribution in [1.29, 1.82) is 0 Å². The number of anilines is 1. The van der Waals surface area contributed by atoms with Gasteiger partial charge in [-0.2, -0.15) is 5.10 Å². The molecule has 0 unspecified atom stereocenters. The van der Waals surface area contributed by atoms with E-state index in [2.05, 4.69) is 41.0 Å². The van der Waals surface area contributed by atoms with E-state index in [0.717, 1.165) is 39.7 Å². The van der Waals surface area contributed by atoms with Crippen LogP contribution in [0.1, 0.15) is 48.8 Å². The quantitative estimate of drug-likeness (QED) is 0.402. The number of aromatic amines is 1. The number of aryl methyl sites for hydroxylation is 1. The van der Waals surface area contributed by atoms with Crippen LogP contribution in [0.5, 0.6) is 0 Å². The predicted octanol–water partition coefficient (Wildman–Crippen LogP) is 4.74. The Kier molecular flexibility index (Phi) is 5.94. The molecule has 3 aromatic heterocycles. The zero-order valence-corrected chi connectivity index (χ0v) is 18.3. The molecule has 0 saturated carbocycles.